The van der Waals surface area contributed by atoms with Gasteiger partial charge in [0.2, 0.25) is 0 Å². The Hall–Kier alpha value is -1.52. The molecule has 0 saturated heterocycles. The molecule has 0 saturated carbocycles. The molecule has 0 aliphatic heterocycles. The average Bonchev–Trinajstić information content (AvgIpc) is 2.31. The van der Waals surface area contributed by atoms with Crippen LogP contribution in [0.4, 0.5) is 4.39 Å². The molecule has 0 aliphatic rings. The molecule has 17 heavy (non-hydrogen) atoms. The van der Waals surface area contributed by atoms with Crippen molar-refractivity contribution >= 4 is 11.6 Å². The lowest BCUT2D eigenvalue weighted by Crippen LogP contribution is -2.06. The summed E-state index contributed by atoms with van der Waals surface area (Å²) in [6, 6.07) is 4.17. The number of rotatable bonds is 3. The summed E-state index contributed by atoms with van der Waals surface area (Å²) in [4.78, 5) is 8.40. The minimum Gasteiger partial charge on any atom is -0.316 e. The summed E-state index contributed by atoms with van der Waals surface area (Å²) in [5.74, 6) is 0.125. The van der Waals surface area contributed by atoms with Gasteiger partial charge in [0.05, 0.1) is 5.02 Å². The van der Waals surface area contributed by atoms with Gasteiger partial charge in [0, 0.05) is 30.1 Å². The molecule has 2 rings (SSSR count). The molecule has 1 heterocycles. The first-order chi connectivity index (χ1) is 8.20. The van der Waals surface area contributed by atoms with Crippen LogP contribution in [0.25, 0.3) is 11.4 Å². The molecule has 0 aliphatic carbocycles. The second-order valence-electron chi connectivity index (χ2n) is 3.57. The monoisotopic (exact) mass is 251 g/mol. The van der Waals surface area contributed by atoms with Crippen LogP contribution in [0.3, 0.4) is 0 Å². The maximum absolute atomic E-state index is 12.9. The molecule has 0 bridgehead atoms. The van der Waals surface area contributed by atoms with Crippen LogP contribution in [0, 0.1) is 5.82 Å². The Labute approximate surface area is 104 Å². The van der Waals surface area contributed by atoms with Gasteiger partial charge in [-0.2, -0.15) is 0 Å². The topological polar surface area (TPSA) is 37.8 Å². The van der Waals surface area contributed by atoms with Crippen molar-refractivity contribution in [3.63, 3.8) is 0 Å². The van der Waals surface area contributed by atoms with Crippen molar-refractivity contribution in [2.24, 2.45) is 0 Å². The van der Waals surface area contributed by atoms with Gasteiger partial charge in [-0.3, -0.25) is 0 Å². The van der Waals surface area contributed by atoms with Gasteiger partial charge in [0.25, 0.3) is 0 Å². The number of nitrogens with one attached hydrogen (secondary N) is 1. The minimum absolute atomic E-state index is 0.311. The Kier molecular flexibility index (Phi) is 3.66. The molecule has 0 unspecified atom stereocenters. The SMILES string of the molecule is CNCc1cnc(-c2ccc(F)cc2Cl)nc1. The van der Waals surface area contributed by atoms with Crippen molar-refractivity contribution in [3.05, 3.63) is 47.0 Å². The quantitative estimate of drug-likeness (QED) is 0.911. The molecular formula is C12H11ClFN3. The van der Waals surface area contributed by atoms with Gasteiger partial charge >= 0.3 is 0 Å². The van der Waals surface area contributed by atoms with Gasteiger partial charge in [-0.05, 0) is 25.2 Å². The van der Waals surface area contributed by atoms with Gasteiger partial charge in [0.1, 0.15) is 5.82 Å². The van der Waals surface area contributed by atoms with Crippen LogP contribution in [-0.2, 0) is 6.54 Å². The molecule has 0 spiro atoms. The number of hydrogen-bond acceptors (Lipinski definition) is 3. The Balaban J connectivity index is 2.33. The fourth-order valence-electron chi connectivity index (χ4n) is 1.46. The van der Waals surface area contributed by atoms with Crippen molar-refractivity contribution in [2.45, 2.75) is 6.54 Å². The van der Waals surface area contributed by atoms with E-state index < -0.39 is 0 Å². The van der Waals surface area contributed by atoms with E-state index in [0.29, 0.717) is 23.0 Å². The van der Waals surface area contributed by atoms with Crippen molar-refractivity contribution in [1.82, 2.24) is 15.3 Å². The Morgan fingerprint density at radius 2 is 2.00 bits per heavy atom. The number of hydrogen-bond donors (Lipinski definition) is 1. The summed E-state index contributed by atoms with van der Waals surface area (Å²) in [7, 11) is 1.85. The van der Waals surface area contributed by atoms with Crippen LogP contribution in [0.5, 0.6) is 0 Å². The number of nitrogens with zero attached hydrogens (tertiary/aromatic N) is 2. The van der Waals surface area contributed by atoms with E-state index in [1.807, 2.05) is 7.05 Å². The minimum atomic E-state index is -0.370. The highest BCUT2D eigenvalue weighted by molar-refractivity contribution is 6.33. The molecule has 2 aromatic rings. The maximum atomic E-state index is 12.9. The van der Waals surface area contributed by atoms with Crippen molar-refractivity contribution in [3.8, 4) is 11.4 Å². The molecule has 3 nitrogen and oxygen atoms in total. The van der Waals surface area contributed by atoms with E-state index >= 15 is 0 Å². The Bertz CT molecular complexity index is 514. The molecule has 0 atom stereocenters. The zero-order valence-corrected chi connectivity index (χ0v) is 10.0. The van der Waals surface area contributed by atoms with E-state index in [4.69, 9.17) is 11.6 Å². The zero-order chi connectivity index (χ0) is 12.3. The average molecular weight is 252 g/mol. The fourth-order valence-corrected chi connectivity index (χ4v) is 1.71. The van der Waals surface area contributed by atoms with E-state index in [2.05, 4.69) is 15.3 Å². The molecule has 1 aromatic heterocycles. The molecule has 88 valence electrons. The van der Waals surface area contributed by atoms with Crippen molar-refractivity contribution in [2.75, 3.05) is 7.05 Å². The molecular weight excluding hydrogens is 241 g/mol. The van der Waals surface area contributed by atoms with Gasteiger partial charge in [-0.15, -0.1) is 0 Å². The second-order valence-corrected chi connectivity index (χ2v) is 3.98. The number of benzene rings is 1. The summed E-state index contributed by atoms with van der Waals surface area (Å²) in [6.45, 7) is 0.706. The molecule has 1 N–H and O–H groups in total. The third kappa shape index (κ3) is 2.78. The smallest absolute Gasteiger partial charge is 0.160 e. The van der Waals surface area contributed by atoms with Crippen molar-refractivity contribution in [1.29, 1.82) is 0 Å². The molecule has 0 amide bonds. The third-order valence-electron chi connectivity index (χ3n) is 2.26. The van der Waals surface area contributed by atoms with Gasteiger partial charge in [-0.1, -0.05) is 11.6 Å². The van der Waals surface area contributed by atoms with Crippen LogP contribution in [-0.4, -0.2) is 17.0 Å². The lowest BCUT2D eigenvalue weighted by Gasteiger charge is -2.04. The first-order valence-electron chi connectivity index (χ1n) is 5.11. The zero-order valence-electron chi connectivity index (χ0n) is 9.24. The Morgan fingerprint density at radius 1 is 1.29 bits per heavy atom. The summed E-state index contributed by atoms with van der Waals surface area (Å²) >= 11 is 5.93. The third-order valence-corrected chi connectivity index (χ3v) is 2.57. The van der Waals surface area contributed by atoms with Crippen LogP contribution in [0.1, 0.15) is 5.56 Å². The highest BCUT2D eigenvalue weighted by Crippen LogP contribution is 2.25. The van der Waals surface area contributed by atoms with E-state index in [-0.39, 0.29) is 5.82 Å². The normalized spacial score (nSPS) is 10.5. The second kappa shape index (κ2) is 5.21. The van der Waals surface area contributed by atoms with Gasteiger partial charge in [-0.25, -0.2) is 14.4 Å². The van der Waals surface area contributed by atoms with Gasteiger partial charge < -0.3 is 5.32 Å². The maximum Gasteiger partial charge on any atom is 0.160 e. The van der Waals surface area contributed by atoms with Gasteiger partial charge in [0.15, 0.2) is 5.82 Å². The van der Waals surface area contributed by atoms with Crippen LogP contribution < -0.4 is 5.32 Å². The predicted octanol–water partition coefficient (Wildman–Crippen LogP) is 2.66. The standard InChI is InChI=1S/C12H11ClFN3/c1-15-5-8-6-16-12(17-7-8)10-3-2-9(14)4-11(10)13/h2-4,6-7,15H,5H2,1H3. The predicted molar refractivity (Wildman–Crippen MR) is 65.2 cm³/mol. The van der Waals surface area contributed by atoms with Crippen LogP contribution >= 0.6 is 11.6 Å². The lowest BCUT2D eigenvalue weighted by atomic mass is 10.2. The summed E-state index contributed by atoms with van der Waals surface area (Å²) in [6.07, 6.45) is 3.44. The molecule has 0 radical (unpaired) electrons. The Morgan fingerprint density at radius 3 is 2.59 bits per heavy atom. The number of aromatic nitrogens is 2. The fraction of sp³-hybridized carbons (Fsp3) is 0.167. The summed E-state index contributed by atoms with van der Waals surface area (Å²) in [5.41, 5.74) is 1.61. The molecule has 1 aromatic carbocycles. The largest absolute Gasteiger partial charge is 0.316 e. The van der Waals surface area contributed by atoms with Crippen LogP contribution in [0.2, 0.25) is 5.02 Å². The first kappa shape index (κ1) is 12.0. The highest BCUT2D eigenvalue weighted by Gasteiger charge is 2.07. The first-order valence-corrected chi connectivity index (χ1v) is 5.49. The summed E-state index contributed by atoms with van der Waals surface area (Å²) in [5, 5.41) is 3.32. The lowest BCUT2D eigenvalue weighted by molar-refractivity contribution is 0.628. The van der Waals surface area contributed by atoms with E-state index in [1.54, 1.807) is 18.5 Å². The highest BCUT2D eigenvalue weighted by atomic mass is 35.5. The van der Waals surface area contributed by atoms with E-state index in [0.717, 1.165) is 5.56 Å². The van der Waals surface area contributed by atoms with Crippen molar-refractivity contribution < 1.29 is 4.39 Å². The van der Waals surface area contributed by atoms with Crippen LogP contribution in [0.15, 0.2) is 30.6 Å². The number of halogens is 2. The van der Waals surface area contributed by atoms with E-state index in [9.17, 15) is 4.39 Å². The molecule has 0 fully saturated rings. The summed E-state index contributed by atoms with van der Waals surface area (Å²) < 4.78 is 12.9. The molecule has 5 heteroatoms. The van der Waals surface area contributed by atoms with E-state index in [1.165, 1.54) is 12.1 Å².